The van der Waals surface area contributed by atoms with Gasteiger partial charge in [-0.3, -0.25) is 0 Å². The Hall–Kier alpha value is -1.47. The van der Waals surface area contributed by atoms with Crippen LogP contribution in [0.1, 0.15) is 48.4 Å². The molecule has 0 amide bonds. The van der Waals surface area contributed by atoms with E-state index in [1.165, 1.54) is 11.1 Å². The Labute approximate surface area is 132 Å². The van der Waals surface area contributed by atoms with E-state index in [1.807, 2.05) is 31.2 Å². The van der Waals surface area contributed by atoms with Gasteiger partial charge in [-0.05, 0) is 42.5 Å². The highest BCUT2D eigenvalue weighted by atomic mass is 35.5. The van der Waals surface area contributed by atoms with E-state index in [9.17, 15) is 0 Å². The second-order valence-corrected chi connectivity index (χ2v) is 5.51. The summed E-state index contributed by atoms with van der Waals surface area (Å²) in [6.07, 6.45) is 2.10. The number of hydrogen-bond donors (Lipinski definition) is 0. The molecule has 0 bridgehead atoms. The first-order valence-electron chi connectivity index (χ1n) is 7.68. The summed E-state index contributed by atoms with van der Waals surface area (Å²) in [4.78, 5) is 0. The molecule has 1 unspecified atom stereocenters. The van der Waals surface area contributed by atoms with Crippen LogP contribution in [0.15, 0.2) is 42.5 Å². The van der Waals surface area contributed by atoms with Crippen LogP contribution in [0.4, 0.5) is 0 Å². The topological polar surface area (TPSA) is 9.23 Å². The van der Waals surface area contributed by atoms with E-state index in [0.29, 0.717) is 6.61 Å². The molecular formula is C19H23ClO. The number of para-hydroxylation sites is 1. The van der Waals surface area contributed by atoms with Gasteiger partial charge in [0, 0.05) is 5.56 Å². The first kappa shape index (κ1) is 15.9. The third-order valence-electron chi connectivity index (χ3n) is 3.78. The molecule has 1 nitrogen and oxygen atoms in total. The number of halogens is 1. The summed E-state index contributed by atoms with van der Waals surface area (Å²) in [6, 6.07) is 14.6. The highest BCUT2D eigenvalue weighted by molar-refractivity contribution is 6.22. The summed E-state index contributed by atoms with van der Waals surface area (Å²) in [5, 5.41) is -0.177. The molecule has 0 saturated carbocycles. The Kier molecular flexibility index (Phi) is 5.69. The minimum absolute atomic E-state index is 0.177. The Morgan fingerprint density at radius 3 is 2.33 bits per heavy atom. The van der Waals surface area contributed by atoms with Crippen molar-refractivity contribution in [3.05, 3.63) is 64.7 Å². The minimum atomic E-state index is -0.177. The largest absolute Gasteiger partial charge is 0.494 e. The molecule has 0 spiro atoms. The fourth-order valence-electron chi connectivity index (χ4n) is 2.63. The zero-order chi connectivity index (χ0) is 15.2. The first-order valence-corrected chi connectivity index (χ1v) is 8.12. The van der Waals surface area contributed by atoms with Crippen molar-refractivity contribution in [3.63, 3.8) is 0 Å². The number of hydrogen-bond acceptors (Lipinski definition) is 1. The normalized spacial score (nSPS) is 12.2. The maximum atomic E-state index is 6.72. The van der Waals surface area contributed by atoms with Crippen LogP contribution in [-0.2, 0) is 12.8 Å². The number of alkyl halides is 1. The molecule has 0 N–H and O–H groups in total. The predicted octanol–water partition coefficient (Wildman–Crippen LogP) is 5.54. The summed E-state index contributed by atoms with van der Waals surface area (Å²) in [7, 11) is 0. The summed E-state index contributed by atoms with van der Waals surface area (Å²) in [5.41, 5.74) is 4.96. The van der Waals surface area contributed by atoms with Crippen LogP contribution in [0.25, 0.3) is 0 Å². The fraction of sp³-hybridized carbons (Fsp3) is 0.368. The van der Waals surface area contributed by atoms with E-state index in [2.05, 4.69) is 32.0 Å². The summed E-state index contributed by atoms with van der Waals surface area (Å²) < 4.78 is 5.70. The second-order valence-electron chi connectivity index (χ2n) is 5.07. The first-order chi connectivity index (χ1) is 10.2. The van der Waals surface area contributed by atoms with E-state index >= 15 is 0 Å². The molecule has 0 aliphatic rings. The van der Waals surface area contributed by atoms with E-state index in [1.54, 1.807) is 0 Å². The van der Waals surface area contributed by atoms with Crippen LogP contribution >= 0.6 is 11.6 Å². The van der Waals surface area contributed by atoms with Crippen LogP contribution in [0.5, 0.6) is 5.75 Å². The number of benzene rings is 2. The van der Waals surface area contributed by atoms with Crippen molar-refractivity contribution in [3.8, 4) is 5.75 Å². The average Bonchev–Trinajstić information content (AvgIpc) is 2.54. The molecule has 0 radical (unpaired) electrons. The Morgan fingerprint density at radius 1 is 0.952 bits per heavy atom. The lowest BCUT2D eigenvalue weighted by Crippen LogP contribution is -2.01. The smallest absolute Gasteiger partial charge is 0.124 e. The van der Waals surface area contributed by atoms with Gasteiger partial charge in [-0.25, -0.2) is 0 Å². The van der Waals surface area contributed by atoms with E-state index < -0.39 is 0 Å². The standard InChI is InChI=1S/C19H23ClO/c1-4-14-11-12-16(13-15(14)5-2)19(20)17-9-7-8-10-18(17)21-6-3/h7-13,19H,4-6H2,1-3H3. The van der Waals surface area contributed by atoms with E-state index in [4.69, 9.17) is 16.3 Å². The van der Waals surface area contributed by atoms with Crippen LogP contribution in [0.2, 0.25) is 0 Å². The summed E-state index contributed by atoms with van der Waals surface area (Å²) >= 11 is 6.72. The lowest BCUT2D eigenvalue weighted by Gasteiger charge is -2.17. The monoisotopic (exact) mass is 302 g/mol. The van der Waals surface area contributed by atoms with Gasteiger partial charge >= 0.3 is 0 Å². The third-order valence-corrected chi connectivity index (χ3v) is 4.26. The molecule has 2 aromatic rings. The lowest BCUT2D eigenvalue weighted by atomic mass is 9.96. The van der Waals surface area contributed by atoms with E-state index in [0.717, 1.165) is 29.7 Å². The van der Waals surface area contributed by atoms with Gasteiger partial charge in [0.05, 0.1) is 12.0 Å². The Bertz CT molecular complexity index is 592. The molecule has 1 atom stereocenters. The Balaban J connectivity index is 2.38. The molecule has 0 heterocycles. The molecule has 0 fully saturated rings. The average molecular weight is 303 g/mol. The highest BCUT2D eigenvalue weighted by Gasteiger charge is 2.16. The van der Waals surface area contributed by atoms with Gasteiger partial charge in [0.1, 0.15) is 5.75 Å². The molecule has 21 heavy (non-hydrogen) atoms. The molecule has 0 saturated heterocycles. The SMILES string of the molecule is CCOc1ccccc1C(Cl)c1ccc(CC)c(CC)c1. The zero-order valence-electron chi connectivity index (χ0n) is 13.0. The van der Waals surface area contributed by atoms with Crippen LogP contribution in [0, 0.1) is 0 Å². The van der Waals surface area contributed by atoms with Crippen molar-refractivity contribution >= 4 is 11.6 Å². The molecule has 2 aromatic carbocycles. The summed E-state index contributed by atoms with van der Waals surface area (Å²) in [5.74, 6) is 0.873. The van der Waals surface area contributed by atoms with Crippen LogP contribution in [0.3, 0.4) is 0 Å². The van der Waals surface area contributed by atoms with Crippen molar-refractivity contribution in [1.82, 2.24) is 0 Å². The Morgan fingerprint density at radius 2 is 1.67 bits per heavy atom. The lowest BCUT2D eigenvalue weighted by molar-refractivity contribution is 0.337. The van der Waals surface area contributed by atoms with Gasteiger partial charge in [0.15, 0.2) is 0 Å². The molecule has 0 aliphatic heterocycles. The number of rotatable bonds is 6. The van der Waals surface area contributed by atoms with Crippen molar-refractivity contribution in [1.29, 1.82) is 0 Å². The predicted molar refractivity (Wildman–Crippen MR) is 90.5 cm³/mol. The molecule has 2 heteroatoms. The van der Waals surface area contributed by atoms with Gasteiger partial charge < -0.3 is 4.74 Å². The van der Waals surface area contributed by atoms with Crippen molar-refractivity contribution in [2.24, 2.45) is 0 Å². The number of aryl methyl sites for hydroxylation is 2. The highest BCUT2D eigenvalue weighted by Crippen LogP contribution is 2.35. The van der Waals surface area contributed by atoms with Crippen LogP contribution < -0.4 is 4.74 Å². The van der Waals surface area contributed by atoms with Gasteiger partial charge in [-0.15, -0.1) is 11.6 Å². The van der Waals surface area contributed by atoms with Gasteiger partial charge in [-0.1, -0.05) is 50.2 Å². The van der Waals surface area contributed by atoms with Gasteiger partial charge in [0.25, 0.3) is 0 Å². The molecule has 2 rings (SSSR count). The molecular weight excluding hydrogens is 280 g/mol. The third kappa shape index (κ3) is 3.59. The second kappa shape index (κ2) is 7.51. The summed E-state index contributed by atoms with van der Waals surface area (Å²) in [6.45, 7) is 7.02. The maximum Gasteiger partial charge on any atom is 0.124 e. The van der Waals surface area contributed by atoms with Crippen LogP contribution in [-0.4, -0.2) is 6.61 Å². The quantitative estimate of drug-likeness (QED) is 0.637. The van der Waals surface area contributed by atoms with E-state index in [-0.39, 0.29) is 5.38 Å². The van der Waals surface area contributed by atoms with Crippen molar-refractivity contribution < 1.29 is 4.74 Å². The molecule has 112 valence electrons. The number of ether oxygens (including phenoxy) is 1. The van der Waals surface area contributed by atoms with Crippen molar-refractivity contribution in [2.45, 2.75) is 39.0 Å². The molecule has 0 aromatic heterocycles. The maximum absolute atomic E-state index is 6.72. The zero-order valence-corrected chi connectivity index (χ0v) is 13.8. The van der Waals surface area contributed by atoms with Gasteiger partial charge in [0.2, 0.25) is 0 Å². The van der Waals surface area contributed by atoms with Crippen molar-refractivity contribution in [2.75, 3.05) is 6.61 Å². The molecule has 0 aliphatic carbocycles. The fourth-order valence-corrected chi connectivity index (χ4v) is 2.95. The van der Waals surface area contributed by atoms with Gasteiger partial charge in [-0.2, -0.15) is 0 Å². The minimum Gasteiger partial charge on any atom is -0.494 e.